The molecule has 0 bridgehead atoms. The zero-order valence-corrected chi connectivity index (χ0v) is 11.5. The van der Waals surface area contributed by atoms with Crippen molar-refractivity contribution in [2.24, 2.45) is 0 Å². The van der Waals surface area contributed by atoms with Gasteiger partial charge in [0.05, 0.1) is 28.0 Å². The summed E-state index contributed by atoms with van der Waals surface area (Å²) in [7, 11) is -3.86. The Bertz CT molecular complexity index is 921. The number of aromatic amines is 1. The molecule has 1 aromatic heterocycles. The maximum absolute atomic E-state index is 13.1. The molecule has 3 rings (SSSR count). The molecule has 6 nitrogen and oxygen atoms in total. The summed E-state index contributed by atoms with van der Waals surface area (Å²) in [4.78, 5) is -0.109. The molecule has 8 heteroatoms. The first-order valence-electron chi connectivity index (χ1n) is 5.97. The summed E-state index contributed by atoms with van der Waals surface area (Å²) in [5.41, 5.74) is 6.26. The summed E-state index contributed by atoms with van der Waals surface area (Å²) in [5.74, 6) is -0.661. The van der Waals surface area contributed by atoms with Crippen LogP contribution in [-0.2, 0) is 10.0 Å². The van der Waals surface area contributed by atoms with Crippen LogP contribution >= 0.6 is 0 Å². The van der Waals surface area contributed by atoms with Gasteiger partial charge in [-0.05, 0) is 30.3 Å². The van der Waals surface area contributed by atoms with Crippen molar-refractivity contribution in [3.05, 3.63) is 48.4 Å². The number of anilines is 2. The summed E-state index contributed by atoms with van der Waals surface area (Å²) < 4.78 is 40.2. The highest BCUT2D eigenvalue weighted by Crippen LogP contribution is 2.25. The number of hydrogen-bond donors (Lipinski definition) is 3. The molecule has 108 valence electrons. The van der Waals surface area contributed by atoms with E-state index in [0.717, 1.165) is 18.2 Å². The Morgan fingerprint density at radius 3 is 2.81 bits per heavy atom. The molecule has 0 fully saturated rings. The van der Waals surface area contributed by atoms with Crippen LogP contribution in [0.15, 0.2) is 47.5 Å². The number of aromatic nitrogens is 2. The maximum atomic E-state index is 13.1. The van der Waals surface area contributed by atoms with Crippen LogP contribution in [-0.4, -0.2) is 18.6 Å². The Kier molecular flexibility index (Phi) is 3.02. The highest BCUT2D eigenvalue weighted by atomic mass is 32.2. The third-order valence-electron chi connectivity index (χ3n) is 3.01. The van der Waals surface area contributed by atoms with Gasteiger partial charge >= 0.3 is 0 Å². The molecule has 0 spiro atoms. The van der Waals surface area contributed by atoms with Gasteiger partial charge in [-0.15, -0.1) is 0 Å². The van der Waals surface area contributed by atoms with E-state index in [9.17, 15) is 12.8 Å². The molecule has 21 heavy (non-hydrogen) atoms. The molecule has 3 aromatic rings. The van der Waals surface area contributed by atoms with E-state index in [2.05, 4.69) is 14.9 Å². The number of rotatable bonds is 3. The van der Waals surface area contributed by atoms with E-state index in [0.29, 0.717) is 16.6 Å². The van der Waals surface area contributed by atoms with Crippen LogP contribution in [0.5, 0.6) is 0 Å². The van der Waals surface area contributed by atoms with Gasteiger partial charge in [-0.1, -0.05) is 6.07 Å². The van der Waals surface area contributed by atoms with Gasteiger partial charge in [0.15, 0.2) is 0 Å². The average Bonchev–Trinajstić information content (AvgIpc) is 2.91. The molecule has 0 aliphatic heterocycles. The number of fused-ring (bicyclic) bond motifs is 1. The summed E-state index contributed by atoms with van der Waals surface area (Å²) in [6, 6.07) is 8.33. The van der Waals surface area contributed by atoms with Crippen LogP contribution in [0.1, 0.15) is 0 Å². The van der Waals surface area contributed by atoms with Gasteiger partial charge in [-0.3, -0.25) is 9.82 Å². The Labute approximate surface area is 119 Å². The SMILES string of the molecule is Nc1cc(S(=O)(=O)Nc2cccc3[nH]ncc23)ccc1F. The Hall–Kier alpha value is -2.61. The number of benzene rings is 2. The average molecular weight is 306 g/mol. The summed E-state index contributed by atoms with van der Waals surface area (Å²) in [6.45, 7) is 0. The molecular weight excluding hydrogens is 295 g/mol. The zero-order chi connectivity index (χ0) is 15.0. The largest absolute Gasteiger partial charge is 0.396 e. The molecule has 0 saturated carbocycles. The van der Waals surface area contributed by atoms with Crippen molar-refractivity contribution >= 4 is 32.3 Å². The van der Waals surface area contributed by atoms with E-state index in [1.165, 1.54) is 6.20 Å². The van der Waals surface area contributed by atoms with E-state index in [1.807, 2.05) is 0 Å². The Balaban J connectivity index is 2.03. The quantitative estimate of drug-likeness (QED) is 0.645. The number of nitrogen functional groups attached to an aromatic ring is 1. The van der Waals surface area contributed by atoms with Crippen molar-refractivity contribution in [2.75, 3.05) is 10.5 Å². The molecule has 4 N–H and O–H groups in total. The first kappa shape index (κ1) is 13.4. The van der Waals surface area contributed by atoms with Crippen molar-refractivity contribution in [1.29, 1.82) is 0 Å². The van der Waals surface area contributed by atoms with Crippen molar-refractivity contribution < 1.29 is 12.8 Å². The van der Waals surface area contributed by atoms with Crippen LogP contribution < -0.4 is 10.5 Å². The first-order chi connectivity index (χ1) is 9.97. The highest BCUT2D eigenvalue weighted by Gasteiger charge is 2.17. The third-order valence-corrected chi connectivity index (χ3v) is 4.37. The van der Waals surface area contributed by atoms with Gasteiger partial charge in [0.1, 0.15) is 5.82 Å². The highest BCUT2D eigenvalue weighted by molar-refractivity contribution is 7.92. The van der Waals surface area contributed by atoms with Gasteiger partial charge in [-0.25, -0.2) is 12.8 Å². The minimum Gasteiger partial charge on any atom is -0.396 e. The van der Waals surface area contributed by atoms with Gasteiger partial charge in [0.25, 0.3) is 10.0 Å². The van der Waals surface area contributed by atoms with Gasteiger partial charge in [-0.2, -0.15) is 5.10 Å². The van der Waals surface area contributed by atoms with E-state index in [1.54, 1.807) is 18.2 Å². The number of nitrogens with one attached hydrogen (secondary N) is 2. The van der Waals surface area contributed by atoms with Crippen LogP contribution in [0.3, 0.4) is 0 Å². The molecule has 1 heterocycles. The van der Waals surface area contributed by atoms with Crippen LogP contribution in [0.2, 0.25) is 0 Å². The molecule has 0 atom stereocenters. The lowest BCUT2D eigenvalue weighted by Gasteiger charge is -2.09. The Morgan fingerprint density at radius 2 is 2.05 bits per heavy atom. The van der Waals surface area contributed by atoms with E-state index >= 15 is 0 Å². The minimum absolute atomic E-state index is 0.109. The lowest BCUT2D eigenvalue weighted by Crippen LogP contribution is -2.13. The predicted molar refractivity (Wildman–Crippen MR) is 77.7 cm³/mol. The minimum atomic E-state index is -3.86. The summed E-state index contributed by atoms with van der Waals surface area (Å²) in [6.07, 6.45) is 1.52. The van der Waals surface area contributed by atoms with Crippen LogP contribution in [0.25, 0.3) is 10.9 Å². The van der Waals surface area contributed by atoms with Gasteiger partial charge in [0, 0.05) is 5.39 Å². The fraction of sp³-hybridized carbons (Fsp3) is 0. The molecule has 0 unspecified atom stereocenters. The van der Waals surface area contributed by atoms with Crippen LogP contribution in [0.4, 0.5) is 15.8 Å². The molecular formula is C13H11FN4O2S. The maximum Gasteiger partial charge on any atom is 0.261 e. The van der Waals surface area contributed by atoms with Gasteiger partial charge in [0.2, 0.25) is 0 Å². The lowest BCUT2D eigenvalue weighted by molar-refractivity contribution is 0.600. The number of hydrogen-bond acceptors (Lipinski definition) is 4. The smallest absolute Gasteiger partial charge is 0.261 e. The molecule has 0 aliphatic rings. The normalized spacial score (nSPS) is 11.7. The lowest BCUT2D eigenvalue weighted by atomic mass is 10.2. The second-order valence-electron chi connectivity index (χ2n) is 4.43. The van der Waals surface area contributed by atoms with Crippen molar-refractivity contribution in [3.63, 3.8) is 0 Å². The molecule has 0 amide bonds. The second kappa shape index (κ2) is 4.74. The fourth-order valence-corrected chi connectivity index (χ4v) is 3.06. The van der Waals surface area contributed by atoms with Gasteiger partial charge < -0.3 is 5.73 Å². The predicted octanol–water partition coefficient (Wildman–Crippen LogP) is 2.08. The van der Waals surface area contributed by atoms with Crippen molar-refractivity contribution in [2.45, 2.75) is 4.90 Å². The first-order valence-corrected chi connectivity index (χ1v) is 7.45. The third kappa shape index (κ3) is 2.40. The number of nitrogens with zero attached hydrogens (tertiary/aromatic N) is 1. The molecule has 0 radical (unpaired) electrons. The monoisotopic (exact) mass is 306 g/mol. The zero-order valence-electron chi connectivity index (χ0n) is 10.7. The molecule has 0 aliphatic carbocycles. The number of halogens is 1. The van der Waals surface area contributed by atoms with Crippen molar-refractivity contribution in [1.82, 2.24) is 10.2 Å². The van der Waals surface area contributed by atoms with Crippen molar-refractivity contribution in [3.8, 4) is 0 Å². The molecule has 2 aromatic carbocycles. The molecule has 0 saturated heterocycles. The number of nitrogens with two attached hydrogens (primary N) is 1. The fourth-order valence-electron chi connectivity index (χ4n) is 1.95. The topological polar surface area (TPSA) is 101 Å². The van der Waals surface area contributed by atoms with E-state index < -0.39 is 15.8 Å². The van der Waals surface area contributed by atoms with E-state index in [4.69, 9.17) is 5.73 Å². The summed E-state index contributed by atoms with van der Waals surface area (Å²) >= 11 is 0. The standard InChI is InChI=1S/C13H11FN4O2S/c14-10-5-4-8(6-11(10)15)21(19,20)18-13-3-1-2-12-9(13)7-16-17-12/h1-7,18H,15H2,(H,16,17). The Morgan fingerprint density at radius 1 is 1.24 bits per heavy atom. The van der Waals surface area contributed by atoms with E-state index in [-0.39, 0.29) is 10.6 Å². The number of sulfonamides is 1. The summed E-state index contributed by atoms with van der Waals surface area (Å²) in [5, 5.41) is 7.24. The second-order valence-corrected chi connectivity index (χ2v) is 6.11. The number of H-pyrrole nitrogens is 1. The van der Waals surface area contributed by atoms with Crippen LogP contribution in [0, 0.1) is 5.82 Å².